The van der Waals surface area contributed by atoms with Crippen molar-refractivity contribution in [1.82, 2.24) is 10.2 Å². The van der Waals surface area contributed by atoms with Crippen molar-refractivity contribution < 1.29 is 4.79 Å². The van der Waals surface area contributed by atoms with Crippen LogP contribution in [0.2, 0.25) is 0 Å². The lowest BCUT2D eigenvalue weighted by atomic mass is 9.97. The van der Waals surface area contributed by atoms with Gasteiger partial charge in [-0.3, -0.25) is 4.79 Å². The Labute approximate surface area is 126 Å². The fourth-order valence-electron chi connectivity index (χ4n) is 2.41. The summed E-state index contributed by atoms with van der Waals surface area (Å²) in [6.07, 6.45) is 2.40. The van der Waals surface area contributed by atoms with Crippen LogP contribution >= 0.6 is 11.8 Å². The summed E-state index contributed by atoms with van der Waals surface area (Å²) in [6.45, 7) is 3.16. The Morgan fingerprint density at radius 2 is 2.00 bits per heavy atom. The van der Waals surface area contributed by atoms with Crippen LogP contribution in [0.25, 0.3) is 0 Å². The number of benzene rings is 1. The van der Waals surface area contributed by atoms with Crippen LogP contribution in [-0.2, 0) is 10.5 Å². The summed E-state index contributed by atoms with van der Waals surface area (Å²) < 4.78 is 0. The molecule has 20 heavy (non-hydrogen) atoms. The third kappa shape index (κ3) is 5.55. The van der Waals surface area contributed by atoms with E-state index >= 15 is 0 Å². The van der Waals surface area contributed by atoms with Crippen LogP contribution < -0.4 is 5.32 Å². The zero-order chi connectivity index (χ0) is 14.2. The number of nitrogens with zero attached hydrogens (tertiary/aromatic N) is 1. The molecule has 110 valence electrons. The van der Waals surface area contributed by atoms with Gasteiger partial charge in [-0.1, -0.05) is 30.3 Å². The fourth-order valence-corrected chi connectivity index (χ4v) is 3.23. The zero-order valence-corrected chi connectivity index (χ0v) is 13.0. The molecule has 0 bridgehead atoms. The molecule has 4 heteroatoms. The lowest BCUT2D eigenvalue weighted by molar-refractivity contribution is -0.118. The van der Waals surface area contributed by atoms with Gasteiger partial charge in [0.2, 0.25) is 5.91 Å². The van der Waals surface area contributed by atoms with Crippen molar-refractivity contribution in [2.75, 3.05) is 32.4 Å². The maximum Gasteiger partial charge on any atom is 0.230 e. The van der Waals surface area contributed by atoms with Gasteiger partial charge < -0.3 is 10.2 Å². The lowest BCUT2D eigenvalue weighted by Crippen LogP contribution is -2.37. The standard InChI is InChI=1S/C16H24N2OS/c1-18-9-7-14(8-10-18)11-17-16(19)13-20-12-15-5-3-2-4-6-15/h2-6,14H,7-13H2,1H3,(H,17,19). The molecule has 1 fully saturated rings. The van der Waals surface area contributed by atoms with Gasteiger partial charge in [0.05, 0.1) is 5.75 Å². The van der Waals surface area contributed by atoms with E-state index in [0.717, 1.165) is 25.4 Å². The first-order valence-corrected chi connectivity index (χ1v) is 8.46. The van der Waals surface area contributed by atoms with Crippen LogP contribution in [0.15, 0.2) is 30.3 Å². The molecule has 0 aliphatic carbocycles. The number of carbonyl (C=O) groups excluding carboxylic acids is 1. The molecule has 1 amide bonds. The number of hydrogen-bond donors (Lipinski definition) is 1. The number of nitrogens with one attached hydrogen (secondary N) is 1. The quantitative estimate of drug-likeness (QED) is 0.874. The normalized spacial score (nSPS) is 17.1. The molecule has 1 aromatic rings. The van der Waals surface area contributed by atoms with Gasteiger partial charge in [-0.2, -0.15) is 0 Å². The zero-order valence-electron chi connectivity index (χ0n) is 12.2. The summed E-state index contributed by atoms with van der Waals surface area (Å²) in [5, 5.41) is 3.08. The van der Waals surface area contributed by atoms with Crippen LogP contribution in [0.5, 0.6) is 0 Å². The molecule has 0 radical (unpaired) electrons. The van der Waals surface area contributed by atoms with Crippen molar-refractivity contribution in [3.05, 3.63) is 35.9 Å². The minimum atomic E-state index is 0.171. The van der Waals surface area contributed by atoms with Gasteiger partial charge in [0.25, 0.3) is 0 Å². The molecule has 0 aromatic heterocycles. The van der Waals surface area contributed by atoms with Gasteiger partial charge in [-0.05, 0) is 44.5 Å². The van der Waals surface area contributed by atoms with E-state index in [9.17, 15) is 4.79 Å². The minimum absolute atomic E-state index is 0.171. The number of hydrogen-bond acceptors (Lipinski definition) is 3. The number of likely N-dealkylation sites (tertiary alicyclic amines) is 1. The summed E-state index contributed by atoms with van der Waals surface area (Å²) in [7, 11) is 2.16. The molecule has 1 heterocycles. The van der Waals surface area contributed by atoms with Crippen molar-refractivity contribution in [2.45, 2.75) is 18.6 Å². The van der Waals surface area contributed by atoms with Gasteiger partial charge in [0.1, 0.15) is 0 Å². The highest BCUT2D eigenvalue weighted by molar-refractivity contribution is 7.99. The van der Waals surface area contributed by atoms with Crippen LogP contribution in [0, 0.1) is 5.92 Å². The second kappa shape index (κ2) is 8.32. The van der Waals surface area contributed by atoms with Crippen molar-refractivity contribution in [2.24, 2.45) is 5.92 Å². The third-order valence-electron chi connectivity index (χ3n) is 3.77. The van der Waals surface area contributed by atoms with E-state index in [1.807, 2.05) is 18.2 Å². The number of rotatable bonds is 6. The molecule has 1 aliphatic rings. The smallest absolute Gasteiger partial charge is 0.230 e. The molecule has 1 aliphatic heterocycles. The molecule has 0 unspecified atom stereocenters. The SMILES string of the molecule is CN1CCC(CNC(=O)CSCc2ccccc2)CC1. The summed E-state index contributed by atoms with van der Waals surface area (Å²) in [5.41, 5.74) is 1.28. The van der Waals surface area contributed by atoms with Gasteiger partial charge in [-0.15, -0.1) is 11.8 Å². The largest absolute Gasteiger partial charge is 0.355 e. The average Bonchev–Trinajstić information content (AvgIpc) is 2.48. The van der Waals surface area contributed by atoms with Crippen molar-refractivity contribution >= 4 is 17.7 Å². The van der Waals surface area contributed by atoms with Gasteiger partial charge in [0.15, 0.2) is 0 Å². The molecule has 1 aromatic carbocycles. The maximum atomic E-state index is 11.8. The number of piperidine rings is 1. The first-order chi connectivity index (χ1) is 9.74. The molecular weight excluding hydrogens is 268 g/mol. The molecule has 3 nitrogen and oxygen atoms in total. The van der Waals surface area contributed by atoms with E-state index in [2.05, 4.69) is 29.4 Å². The highest BCUT2D eigenvalue weighted by Crippen LogP contribution is 2.15. The molecular formula is C16H24N2OS. The minimum Gasteiger partial charge on any atom is -0.355 e. The summed E-state index contributed by atoms with van der Waals surface area (Å²) >= 11 is 1.68. The molecule has 2 rings (SSSR count). The number of thioether (sulfide) groups is 1. The van der Waals surface area contributed by atoms with E-state index in [-0.39, 0.29) is 5.91 Å². The Morgan fingerprint density at radius 3 is 2.70 bits per heavy atom. The fraction of sp³-hybridized carbons (Fsp3) is 0.562. The van der Waals surface area contributed by atoms with Crippen LogP contribution in [0.1, 0.15) is 18.4 Å². The van der Waals surface area contributed by atoms with Gasteiger partial charge in [0, 0.05) is 12.3 Å². The van der Waals surface area contributed by atoms with E-state index < -0.39 is 0 Å². The predicted octanol–water partition coefficient (Wildman–Crippen LogP) is 2.38. The topological polar surface area (TPSA) is 32.3 Å². The highest BCUT2D eigenvalue weighted by Gasteiger charge is 2.16. The Bertz CT molecular complexity index is 402. The lowest BCUT2D eigenvalue weighted by Gasteiger charge is -2.28. The van der Waals surface area contributed by atoms with Gasteiger partial charge >= 0.3 is 0 Å². The molecule has 1 N–H and O–H groups in total. The monoisotopic (exact) mass is 292 g/mol. The Morgan fingerprint density at radius 1 is 1.30 bits per heavy atom. The second-order valence-corrected chi connectivity index (χ2v) is 6.51. The van der Waals surface area contributed by atoms with Crippen molar-refractivity contribution in [3.63, 3.8) is 0 Å². The average molecular weight is 292 g/mol. The Kier molecular flexibility index (Phi) is 6.40. The highest BCUT2D eigenvalue weighted by atomic mass is 32.2. The Hall–Kier alpha value is -1.00. The van der Waals surface area contributed by atoms with E-state index in [0.29, 0.717) is 11.7 Å². The van der Waals surface area contributed by atoms with Crippen molar-refractivity contribution in [3.8, 4) is 0 Å². The first-order valence-electron chi connectivity index (χ1n) is 7.31. The summed E-state index contributed by atoms with van der Waals surface area (Å²) in [6, 6.07) is 10.3. The Balaban J connectivity index is 1.56. The first kappa shape index (κ1) is 15.4. The molecule has 1 saturated heterocycles. The predicted molar refractivity (Wildman–Crippen MR) is 85.8 cm³/mol. The molecule has 0 spiro atoms. The van der Waals surface area contributed by atoms with E-state index in [1.165, 1.54) is 18.4 Å². The molecule has 0 saturated carbocycles. The van der Waals surface area contributed by atoms with Crippen LogP contribution in [-0.4, -0.2) is 43.2 Å². The summed E-state index contributed by atoms with van der Waals surface area (Å²) in [5.74, 6) is 2.29. The number of carbonyl (C=O) groups is 1. The molecule has 0 atom stereocenters. The van der Waals surface area contributed by atoms with E-state index in [4.69, 9.17) is 0 Å². The van der Waals surface area contributed by atoms with E-state index in [1.54, 1.807) is 11.8 Å². The maximum absolute atomic E-state index is 11.8. The number of amides is 1. The van der Waals surface area contributed by atoms with Gasteiger partial charge in [-0.25, -0.2) is 0 Å². The summed E-state index contributed by atoms with van der Waals surface area (Å²) in [4.78, 5) is 14.2. The third-order valence-corrected chi connectivity index (χ3v) is 4.77. The second-order valence-electron chi connectivity index (χ2n) is 5.53. The van der Waals surface area contributed by atoms with Crippen LogP contribution in [0.3, 0.4) is 0 Å². The van der Waals surface area contributed by atoms with Crippen LogP contribution in [0.4, 0.5) is 0 Å². The van der Waals surface area contributed by atoms with Crippen molar-refractivity contribution in [1.29, 1.82) is 0 Å².